The van der Waals surface area contributed by atoms with E-state index in [-0.39, 0.29) is 0 Å². The number of nitrogens with zero attached hydrogens (tertiary/aromatic N) is 3. The number of aliphatic hydroxyl groups is 1. The quantitative estimate of drug-likeness (QED) is 0.767. The Bertz CT molecular complexity index is 736. The van der Waals surface area contributed by atoms with Crippen molar-refractivity contribution >= 4 is 11.0 Å². The fourth-order valence-electron chi connectivity index (χ4n) is 2.00. The first-order chi connectivity index (χ1) is 9.16. The van der Waals surface area contributed by atoms with Crippen molar-refractivity contribution in [3.05, 3.63) is 53.8 Å². The van der Waals surface area contributed by atoms with Crippen LogP contribution in [0.4, 0.5) is 4.39 Å². The largest absolute Gasteiger partial charge is 0.389 e. The van der Waals surface area contributed by atoms with Gasteiger partial charge in [-0.05, 0) is 36.8 Å². The molecule has 4 nitrogen and oxygen atoms in total. The molecule has 5 heteroatoms. The van der Waals surface area contributed by atoms with E-state index in [1.165, 1.54) is 10.7 Å². The van der Waals surface area contributed by atoms with Crippen molar-refractivity contribution in [2.75, 3.05) is 0 Å². The van der Waals surface area contributed by atoms with Crippen LogP contribution in [-0.2, 0) is 0 Å². The third-order valence-corrected chi connectivity index (χ3v) is 3.03. The highest BCUT2D eigenvalue weighted by Gasteiger charge is 2.12. The van der Waals surface area contributed by atoms with Crippen LogP contribution in [0.2, 0.25) is 0 Å². The van der Waals surface area contributed by atoms with E-state index >= 15 is 0 Å². The third kappa shape index (κ3) is 1.98. The Morgan fingerprint density at radius 1 is 1.21 bits per heavy atom. The molecule has 0 radical (unpaired) electrons. The van der Waals surface area contributed by atoms with Crippen LogP contribution in [0.5, 0.6) is 0 Å². The molecule has 19 heavy (non-hydrogen) atoms. The van der Waals surface area contributed by atoms with Gasteiger partial charge in [0.05, 0.1) is 11.6 Å². The number of hydrogen-bond acceptors (Lipinski definition) is 3. The number of aromatic nitrogens is 3. The maximum atomic E-state index is 14.1. The summed E-state index contributed by atoms with van der Waals surface area (Å²) >= 11 is 0. The molecular weight excluding hydrogens is 245 g/mol. The minimum absolute atomic E-state index is 0.318. The second kappa shape index (κ2) is 4.44. The van der Waals surface area contributed by atoms with Crippen molar-refractivity contribution in [3.8, 4) is 5.69 Å². The van der Waals surface area contributed by atoms with Gasteiger partial charge in [-0.15, -0.1) is 5.10 Å². The van der Waals surface area contributed by atoms with E-state index in [0.29, 0.717) is 16.8 Å². The Morgan fingerprint density at radius 2 is 2.00 bits per heavy atom. The molecule has 0 bridgehead atoms. The molecule has 3 rings (SSSR count). The molecular formula is C14H12FN3O. The lowest BCUT2D eigenvalue weighted by atomic mass is 10.1. The summed E-state index contributed by atoms with van der Waals surface area (Å²) in [7, 11) is 0. The molecule has 0 saturated carbocycles. The Balaban J connectivity index is 2.17. The summed E-state index contributed by atoms with van der Waals surface area (Å²) < 4.78 is 15.6. The minimum Gasteiger partial charge on any atom is -0.389 e. The highest BCUT2D eigenvalue weighted by atomic mass is 19.1. The van der Waals surface area contributed by atoms with E-state index in [1.54, 1.807) is 19.1 Å². The van der Waals surface area contributed by atoms with Crippen molar-refractivity contribution < 1.29 is 9.50 Å². The summed E-state index contributed by atoms with van der Waals surface area (Å²) in [4.78, 5) is 0. The standard InChI is InChI=1S/C14H12FN3O/c1-9(19)10-6-7-13(11(15)8-10)18-14-5-3-2-4-12(14)16-17-18/h2-9,19H,1H3/t9-/m0/s1. The summed E-state index contributed by atoms with van der Waals surface area (Å²) in [6, 6.07) is 11.9. The molecule has 0 amide bonds. The second-order valence-corrected chi connectivity index (χ2v) is 4.38. The van der Waals surface area contributed by atoms with Crippen LogP contribution in [0, 0.1) is 5.82 Å². The van der Waals surface area contributed by atoms with E-state index in [4.69, 9.17) is 0 Å². The number of hydrogen-bond donors (Lipinski definition) is 1. The molecule has 0 saturated heterocycles. The van der Waals surface area contributed by atoms with Crippen LogP contribution in [0.15, 0.2) is 42.5 Å². The zero-order chi connectivity index (χ0) is 13.4. The maximum Gasteiger partial charge on any atom is 0.149 e. The van der Waals surface area contributed by atoms with Crippen LogP contribution < -0.4 is 0 Å². The lowest BCUT2D eigenvalue weighted by Crippen LogP contribution is -2.02. The van der Waals surface area contributed by atoms with Crippen molar-refractivity contribution in [1.82, 2.24) is 15.0 Å². The predicted octanol–water partition coefficient (Wildman–Crippen LogP) is 2.61. The Kier molecular flexibility index (Phi) is 2.76. The van der Waals surface area contributed by atoms with E-state index in [1.807, 2.05) is 24.3 Å². The topological polar surface area (TPSA) is 50.9 Å². The minimum atomic E-state index is -0.698. The molecule has 0 aliphatic heterocycles. The van der Waals surface area contributed by atoms with Crippen molar-refractivity contribution in [2.45, 2.75) is 13.0 Å². The molecule has 0 unspecified atom stereocenters. The zero-order valence-electron chi connectivity index (χ0n) is 10.3. The van der Waals surface area contributed by atoms with E-state index < -0.39 is 11.9 Å². The summed E-state index contributed by atoms with van der Waals surface area (Å²) in [6.45, 7) is 1.60. The number of benzene rings is 2. The van der Waals surface area contributed by atoms with Gasteiger partial charge in [0.1, 0.15) is 17.0 Å². The smallest absolute Gasteiger partial charge is 0.149 e. The Hall–Kier alpha value is -2.27. The van der Waals surface area contributed by atoms with Gasteiger partial charge in [0.25, 0.3) is 0 Å². The van der Waals surface area contributed by atoms with Crippen LogP contribution in [0.1, 0.15) is 18.6 Å². The maximum absolute atomic E-state index is 14.1. The molecule has 0 fully saturated rings. The molecule has 3 aromatic rings. The normalized spacial score (nSPS) is 12.8. The average molecular weight is 257 g/mol. The van der Waals surface area contributed by atoms with E-state index in [9.17, 15) is 9.50 Å². The number of fused-ring (bicyclic) bond motifs is 1. The molecule has 96 valence electrons. The van der Waals surface area contributed by atoms with Gasteiger partial charge in [0.15, 0.2) is 0 Å². The molecule has 1 atom stereocenters. The van der Waals surface area contributed by atoms with Gasteiger partial charge in [-0.1, -0.05) is 23.4 Å². The van der Waals surface area contributed by atoms with E-state index in [0.717, 1.165) is 5.52 Å². The van der Waals surface area contributed by atoms with Gasteiger partial charge in [-0.25, -0.2) is 9.07 Å². The molecule has 2 aromatic carbocycles. The van der Waals surface area contributed by atoms with Gasteiger partial charge in [-0.3, -0.25) is 0 Å². The van der Waals surface area contributed by atoms with Gasteiger partial charge in [0.2, 0.25) is 0 Å². The highest BCUT2D eigenvalue weighted by molar-refractivity contribution is 5.75. The summed E-state index contributed by atoms with van der Waals surface area (Å²) in [6.07, 6.45) is -0.698. The van der Waals surface area contributed by atoms with Crippen molar-refractivity contribution in [3.63, 3.8) is 0 Å². The average Bonchev–Trinajstić information content (AvgIpc) is 2.82. The van der Waals surface area contributed by atoms with Gasteiger partial charge in [-0.2, -0.15) is 0 Å². The Morgan fingerprint density at radius 3 is 2.74 bits per heavy atom. The summed E-state index contributed by atoms with van der Waals surface area (Å²) in [5.74, 6) is -0.436. The predicted molar refractivity (Wildman–Crippen MR) is 69.5 cm³/mol. The molecule has 0 aliphatic rings. The lowest BCUT2D eigenvalue weighted by Gasteiger charge is -2.08. The van der Waals surface area contributed by atoms with Crippen LogP contribution in [0.3, 0.4) is 0 Å². The molecule has 1 aromatic heterocycles. The fourth-order valence-corrected chi connectivity index (χ4v) is 2.00. The monoisotopic (exact) mass is 257 g/mol. The van der Waals surface area contributed by atoms with Gasteiger partial charge >= 0.3 is 0 Å². The summed E-state index contributed by atoms with van der Waals surface area (Å²) in [5, 5.41) is 17.4. The molecule has 1 heterocycles. The third-order valence-electron chi connectivity index (χ3n) is 3.03. The van der Waals surface area contributed by atoms with Gasteiger partial charge < -0.3 is 5.11 Å². The highest BCUT2D eigenvalue weighted by Crippen LogP contribution is 2.21. The summed E-state index contributed by atoms with van der Waals surface area (Å²) in [5.41, 5.74) is 2.30. The van der Waals surface area contributed by atoms with Crippen LogP contribution in [-0.4, -0.2) is 20.1 Å². The SMILES string of the molecule is C[C@H](O)c1ccc(-n2nnc3ccccc32)c(F)c1. The second-order valence-electron chi connectivity index (χ2n) is 4.38. The number of aliphatic hydroxyl groups excluding tert-OH is 1. The molecule has 0 aliphatic carbocycles. The van der Waals surface area contributed by atoms with Crippen LogP contribution >= 0.6 is 0 Å². The number of rotatable bonds is 2. The van der Waals surface area contributed by atoms with Gasteiger partial charge in [0, 0.05) is 0 Å². The Labute approximate surface area is 109 Å². The lowest BCUT2D eigenvalue weighted by molar-refractivity contribution is 0.199. The zero-order valence-corrected chi connectivity index (χ0v) is 10.3. The van der Waals surface area contributed by atoms with Crippen molar-refractivity contribution in [2.24, 2.45) is 0 Å². The first-order valence-corrected chi connectivity index (χ1v) is 5.95. The van der Waals surface area contributed by atoms with E-state index in [2.05, 4.69) is 10.3 Å². The van der Waals surface area contributed by atoms with Crippen LogP contribution in [0.25, 0.3) is 16.7 Å². The molecule has 1 N–H and O–H groups in total. The fraction of sp³-hybridized carbons (Fsp3) is 0.143. The number of para-hydroxylation sites is 1. The first-order valence-electron chi connectivity index (χ1n) is 5.95. The molecule has 0 spiro atoms. The number of halogens is 1. The first kappa shape index (κ1) is 11.8. The van der Waals surface area contributed by atoms with Crippen molar-refractivity contribution in [1.29, 1.82) is 0 Å².